The van der Waals surface area contributed by atoms with Crippen molar-refractivity contribution in [1.29, 1.82) is 0 Å². The number of ether oxygens (including phenoxy) is 2. The van der Waals surface area contributed by atoms with Crippen molar-refractivity contribution in [2.75, 3.05) is 26.4 Å². The molecule has 10 heteroatoms. The molecule has 52 heavy (non-hydrogen) atoms. The number of unbranched alkanes of at least 4 members (excludes halogenated alkanes) is 28. The van der Waals surface area contributed by atoms with Crippen molar-refractivity contribution in [1.82, 2.24) is 0 Å². The third-order valence-electron chi connectivity index (χ3n) is 9.55. The average Bonchev–Trinajstić information content (AvgIpc) is 3.13. The first-order chi connectivity index (χ1) is 25.3. The summed E-state index contributed by atoms with van der Waals surface area (Å²) in [4.78, 5) is 34.8. The van der Waals surface area contributed by atoms with Crippen LogP contribution < -0.4 is 5.73 Å². The molecule has 0 rings (SSSR count). The van der Waals surface area contributed by atoms with Gasteiger partial charge in [0, 0.05) is 19.4 Å². The molecule has 9 nitrogen and oxygen atoms in total. The number of phosphoric acid groups is 1. The minimum Gasteiger partial charge on any atom is -0.462 e. The van der Waals surface area contributed by atoms with Crippen LogP contribution in [0.2, 0.25) is 0 Å². The molecule has 308 valence electrons. The van der Waals surface area contributed by atoms with Crippen molar-refractivity contribution in [3.05, 3.63) is 12.7 Å². The van der Waals surface area contributed by atoms with Gasteiger partial charge in [0.2, 0.25) is 0 Å². The van der Waals surface area contributed by atoms with Gasteiger partial charge in [0.25, 0.3) is 0 Å². The normalized spacial score (nSPS) is 13.1. The summed E-state index contributed by atoms with van der Waals surface area (Å²) in [7, 11) is -4.37. The second kappa shape index (κ2) is 39.4. The van der Waals surface area contributed by atoms with Gasteiger partial charge < -0.3 is 20.1 Å². The molecular formula is C42H82NO8P. The lowest BCUT2D eigenvalue weighted by Crippen LogP contribution is -2.29. The van der Waals surface area contributed by atoms with Crippen molar-refractivity contribution >= 4 is 19.8 Å². The fraction of sp³-hybridized carbons (Fsp3) is 0.905. The van der Waals surface area contributed by atoms with E-state index in [1.165, 1.54) is 141 Å². The SMILES string of the molecule is C=CCCCCCCCCCCCCCCCC(=O)O[C@H](COC(=O)CCCCCCCCCCCCCCCCCC)COP(=O)(O)OCCN. The number of hydrogen-bond donors (Lipinski definition) is 2. The molecule has 0 aliphatic carbocycles. The van der Waals surface area contributed by atoms with Crippen LogP contribution in [0, 0.1) is 0 Å². The number of hydrogen-bond acceptors (Lipinski definition) is 8. The Kier molecular flexibility index (Phi) is 38.5. The van der Waals surface area contributed by atoms with Gasteiger partial charge in [-0.2, -0.15) is 0 Å². The minimum atomic E-state index is -4.37. The Morgan fingerprint density at radius 1 is 0.596 bits per heavy atom. The van der Waals surface area contributed by atoms with Crippen LogP contribution in [0.4, 0.5) is 0 Å². The van der Waals surface area contributed by atoms with Gasteiger partial charge >= 0.3 is 19.8 Å². The first-order valence-corrected chi connectivity index (χ1v) is 23.1. The Morgan fingerprint density at radius 2 is 0.981 bits per heavy atom. The molecular weight excluding hydrogens is 677 g/mol. The monoisotopic (exact) mass is 760 g/mol. The smallest absolute Gasteiger partial charge is 0.462 e. The van der Waals surface area contributed by atoms with E-state index in [0.717, 1.165) is 44.9 Å². The van der Waals surface area contributed by atoms with Gasteiger partial charge in [-0.25, -0.2) is 4.57 Å². The number of rotatable bonds is 42. The summed E-state index contributed by atoms with van der Waals surface area (Å²) >= 11 is 0. The molecule has 2 atom stereocenters. The van der Waals surface area contributed by atoms with E-state index in [-0.39, 0.29) is 38.6 Å². The highest BCUT2D eigenvalue weighted by atomic mass is 31.2. The fourth-order valence-corrected chi connectivity index (χ4v) is 7.09. The summed E-state index contributed by atoms with van der Waals surface area (Å²) in [5.74, 6) is -0.820. The van der Waals surface area contributed by atoms with Crippen LogP contribution in [0.15, 0.2) is 12.7 Å². The lowest BCUT2D eigenvalue weighted by atomic mass is 10.0. The van der Waals surface area contributed by atoms with E-state index in [0.29, 0.717) is 6.42 Å². The van der Waals surface area contributed by atoms with Crippen LogP contribution in [-0.2, 0) is 32.7 Å². The molecule has 1 unspecified atom stereocenters. The van der Waals surface area contributed by atoms with E-state index in [9.17, 15) is 19.0 Å². The highest BCUT2D eigenvalue weighted by molar-refractivity contribution is 7.47. The molecule has 0 aromatic carbocycles. The molecule has 0 aliphatic heterocycles. The van der Waals surface area contributed by atoms with E-state index in [1.54, 1.807) is 0 Å². The Morgan fingerprint density at radius 3 is 1.38 bits per heavy atom. The molecule has 0 heterocycles. The summed E-state index contributed by atoms with van der Waals surface area (Å²) < 4.78 is 32.8. The first kappa shape index (κ1) is 50.8. The largest absolute Gasteiger partial charge is 0.472 e. The maximum absolute atomic E-state index is 12.6. The van der Waals surface area contributed by atoms with Crippen LogP contribution in [0.5, 0.6) is 0 Å². The summed E-state index contributed by atoms with van der Waals surface area (Å²) in [6.45, 7) is 5.28. The van der Waals surface area contributed by atoms with Gasteiger partial charge in [-0.3, -0.25) is 18.6 Å². The molecule has 0 saturated heterocycles. The van der Waals surface area contributed by atoms with E-state index in [4.69, 9.17) is 24.3 Å². The van der Waals surface area contributed by atoms with Crippen LogP contribution in [0.1, 0.15) is 212 Å². The van der Waals surface area contributed by atoms with Gasteiger partial charge in [0.15, 0.2) is 6.10 Å². The third-order valence-corrected chi connectivity index (χ3v) is 10.5. The molecule has 0 bridgehead atoms. The quantitative estimate of drug-likeness (QED) is 0.0270. The summed E-state index contributed by atoms with van der Waals surface area (Å²) in [6.07, 6.45) is 38.4. The van der Waals surface area contributed by atoms with Gasteiger partial charge in [-0.1, -0.05) is 180 Å². The van der Waals surface area contributed by atoms with Gasteiger partial charge in [0.05, 0.1) is 13.2 Å². The van der Waals surface area contributed by atoms with Crippen LogP contribution in [-0.4, -0.2) is 49.3 Å². The summed E-state index contributed by atoms with van der Waals surface area (Å²) in [6, 6.07) is 0. The summed E-state index contributed by atoms with van der Waals surface area (Å²) in [5.41, 5.74) is 5.34. The first-order valence-electron chi connectivity index (χ1n) is 21.6. The zero-order chi connectivity index (χ0) is 38.2. The maximum Gasteiger partial charge on any atom is 0.472 e. The molecule has 0 saturated carbocycles. The van der Waals surface area contributed by atoms with Gasteiger partial charge in [0.1, 0.15) is 6.61 Å². The van der Waals surface area contributed by atoms with Crippen molar-refractivity contribution in [3.8, 4) is 0 Å². The zero-order valence-electron chi connectivity index (χ0n) is 33.6. The van der Waals surface area contributed by atoms with Crippen molar-refractivity contribution in [2.24, 2.45) is 5.73 Å². The molecule has 0 aromatic rings. The standard InChI is InChI=1S/C42H82NO8P/c1-3-5-7-9-11-13-15-17-19-21-22-24-26-28-30-32-34-41(44)48-38-40(39-50-52(46,47)49-37-36-43)51-42(45)35-33-31-29-27-25-23-20-18-16-14-12-10-8-6-4-2/h4,40H,2-3,5-39,43H2,1H3,(H,46,47)/t40-/m1/s1. The number of esters is 2. The predicted octanol–water partition coefficient (Wildman–Crippen LogP) is 12.2. The van der Waals surface area contributed by atoms with E-state index in [2.05, 4.69) is 13.5 Å². The third kappa shape index (κ3) is 38.5. The van der Waals surface area contributed by atoms with E-state index >= 15 is 0 Å². The van der Waals surface area contributed by atoms with E-state index in [1.807, 2.05) is 6.08 Å². The lowest BCUT2D eigenvalue weighted by Gasteiger charge is -2.19. The second-order valence-electron chi connectivity index (χ2n) is 14.7. The number of carbonyl (C=O) groups excluding carboxylic acids is 2. The fourth-order valence-electron chi connectivity index (χ4n) is 6.32. The van der Waals surface area contributed by atoms with Crippen molar-refractivity contribution < 1.29 is 37.6 Å². The zero-order valence-corrected chi connectivity index (χ0v) is 34.5. The molecule has 0 amide bonds. The summed E-state index contributed by atoms with van der Waals surface area (Å²) in [5, 5.41) is 0. The van der Waals surface area contributed by atoms with Gasteiger partial charge in [-0.15, -0.1) is 6.58 Å². The number of allylic oxidation sites excluding steroid dienone is 1. The molecule has 3 N–H and O–H groups in total. The Balaban J connectivity index is 4.10. The molecule has 0 aromatic heterocycles. The van der Waals surface area contributed by atoms with Gasteiger partial charge in [-0.05, 0) is 25.7 Å². The number of nitrogens with two attached hydrogens (primary N) is 1. The van der Waals surface area contributed by atoms with Crippen LogP contribution >= 0.6 is 7.82 Å². The van der Waals surface area contributed by atoms with E-state index < -0.39 is 26.5 Å². The van der Waals surface area contributed by atoms with Crippen LogP contribution in [0.25, 0.3) is 0 Å². The molecule has 0 radical (unpaired) electrons. The second-order valence-corrected chi connectivity index (χ2v) is 16.1. The van der Waals surface area contributed by atoms with Crippen LogP contribution in [0.3, 0.4) is 0 Å². The lowest BCUT2D eigenvalue weighted by molar-refractivity contribution is -0.161. The molecule has 0 spiro atoms. The van der Waals surface area contributed by atoms with Crippen molar-refractivity contribution in [2.45, 2.75) is 218 Å². The van der Waals surface area contributed by atoms with Crippen molar-refractivity contribution in [3.63, 3.8) is 0 Å². The average molecular weight is 760 g/mol. The number of phosphoric ester groups is 1. The minimum absolute atomic E-state index is 0.0558. The maximum atomic E-state index is 12.6. The molecule has 0 aliphatic rings. The highest BCUT2D eigenvalue weighted by Gasteiger charge is 2.26. The molecule has 0 fully saturated rings. The topological polar surface area (TPSA) is 134 Å². The predicted molar refractivity (Wildman–Crippen MR) is 215 cm³/mol. The Labute approximate surface area is 319 Å². The Bertz CT molecular complexity index is 858. The Hall–Kier alpha value is -1.25. The highest BCUT2D eigenvalue weighted by Crippen LogP contribution is 2.43. The number of carbonyl (C=O) groups is 2.